The average molecular weight is 235 g/mol. The fourth-order valence-corrected chi connectivity index (χ4v) is 2.01. The molecule has 84 valence electrons. The minimum atomic E-state index is -0.651. The van der Waals surface area contributed by atoms with Gasteiger partial charge in [0, 0.05) is 5.38 Å². The van der Waals surface area contributed by atoms with Crippen molar-refractivity contribution in [1.29, 1.82) is 0 Å². The third-order valence-corrected chi connectivity index (χ3v) is 2.84. The van der Waals surface area contributed by atoms with E-state index in [9.17, 15) is 5.11 Å². The van der Waals surface area contributed by atoms with Crippen LogP contribution in [0.2, 0.25) is 0 Å². The van der Waals surface area contributed by atoms with Gasteiger partial charge in [0.1, 0.15) is 11.9 Å². The zero-order chi connectivity index (χ0) is 11.4. The van der Waals surface area contributed by atoms with Crippen molar-refractivity contribution >= 4 is 11.3 Å². The van der Waals surface area contributed by atoms with E-state index in [1.54, 1.807) is 5.51 Å². The smallest absolute Gasteiger partial charge is 0.122 e. The van der Waals surface area contributed by atoms with Gasteiger partial charge < -0.3 is 9.84 Å². The third-order valence-electron chi connectivity index (χ3n) is 2.24. The first-order valence-corrected chi connectivity index (χ1v) is 6.04. The topological polar surface area (TPSA) is 42.4 Å². The monoisotopic (exact) mass is 235 g/mol. The number of rotatable bonds is 4. The fourth-order valence-electron chi connectivity index (χ4n) is 1.44. The van der Waals surface area contributed by atoms with Gasteiger partial charge in [0.05, 0.1) is 17.8 Å². The lowest BCUT2D eigenvalue weighted by molar-refractivity contribution is 0.216. The summed E-state index contributed by atoms with van der Waals surface area (Å²) in [6.07, 6.45) is -0.651. The maximum absolute atomic E-state index is 10.0. The quantitative estimate of drug-likeness (QED) is 0.885. The molecule has 0 saturated heterocycles. The Balaban J connectivity index is 2.15. The molecule has 1 heterocycles. The van der Waals surface area contributed by atoms with Gasteiger partial charge in [-0.15, -0.1) is 11.3 Å². The van der Waals surface area contributed by atoms with Gasteiger partial charge in [-0.2, -0.15) is 0 Å². The number of aliphatic hydroxyl groups is 1. The molecule has 1 atom stereocenters. The van der Waals surface area contributed by atoms with Crippen molar-refractivity contribution in [3.63, 3.8) is 0 Å². The minimum absolute atomic E-state index is 0.647. The Hall–Kier alpha value is -1.39. The van der Waals surface area contributed by atoms with E-state index >= 15 is 0 Å². The van der Waals surface area contributed by atoms with Crippen molar-refractivity contribution in [3.05, 3.63) is 46.4 Å². The lowest BCUT2D eigenvalue weighted by Crippen LogP contribution is -2.00. The predicted molar refractivity (Wildman–Crippen MR) is 63.8 cm³/mol. The summed E-state index contributed by atoms with van der Waals surface area (Å²) in [5.74, 6) is 0.816. The zero-order valence-electron chi connectivity index (χ0n) is 8.96. The van der Waals surface area contributed by atoms with Gasteiger partial charge in [0.15, 0.2) is 0 Å². The van der Waals surface area contributed by atoms with E-state index in [0.29, 0.717) is 12.3 Å². The normalized spacial score (nSPS) is 12.4. The zero-order valence-corrected chi connectivity index (χ0v) is 9.78. The van der Waals surface area contributed by atoms with E-state index in [-0.39, 0.29) is 0 Å². The Morgan fingerprint density at radius 2 is 2.12 bits per heavy atom. The molecule has 16 heavy (non-hydrogen) atoms. The van der Waals surface area contributed by atoms with Crippen molar-refractivity contribution in [2.45, 2.75) is 13.0 Å². The summed E-state index contributed by atoms with van der Waals surface area (Å²) in [6, 6.07) is 7.42. The lowest BCUT2D eigenvalue weighted by Gasteiger charge is -2.09. The molecule has 0 aliphatic rings. The summed E-state index contributed by atoms with van der Waals surface area (Å²) in [5, 5.41) is 11.9. The molecular formula is C12H13NO2S. The Morgan fingerprint density at radius 3 is 2.69 bits per heavy atom. The number of nitrogens with zero attached hydrogens (tertiary/aromatic N) is 1. The number of hydrogen-bond acceptors (Lipinski definition) is 4. The van der Waals surface area contributed by atoms with Gasteiger partial charge in [-0.25, -0.2) is 4.98 Å². The number of thiazole rings is 1. The number of hydrogen-bond donors (Lipinski definition) is 1. The lowest BCUT2D eigenvalue weighted by atomic mass is 10.1. The van der Waals surface area contributed by atoms with Crippen molar-refractivity contribution in [3.8, 4) is 5.75 Å². The predicted octanol–water partition coefficient (Wildman–Crippen LogP) is 2.62. The Morgan fingerprint density at radius 1 is 1.38 bits per heavy atom. The van der Waals surface area contributed by atoms with Crippen LogP contribution in [0.5, 0.6) is 5.75 Å². The Labute approximate surface area is 98.4 Å². The van der Waals surface area contributed by atoms with Crippen LogP contribution in [-0.4, -0.2) is 16.7 Å². The van der Waals surface area contributed by atoms with Crippen LogP contribution in [0.4, 0.5) is 0 Å². The first-order chi connectivity index (χ1) is 7.81. The highest BCUT2D eigenvalue weighted by atomic mass is 32.1. The van der Waals surface area contributed by atoms with Crippen molar-refractivity contribution in [2.24, 2.45) is 0 Å². The molecule has 0 bridgehead atoms. The highest BCUT2D eigenvalue weighted by Gasteiger charge is 2.11. The number of aromatic nitrogens is 1. The molecule has 2 rings (SSSR count). The fraction of sp³-hybridized carbons (Fsp3) is 0.250. The molecule has 0 fully saturated rings. The second-order valence-corrected chi connectivity index (χ2v) is 4.04. The summed E-state index contributed by atoms with van der Waals surface area (Å²) < 4.78 is 5.34. The molecule has 0 radical (unpaired) electrons. The van der Waals surface area contributed by atoms with Gasteiger partial charge in [-0.05, 0) is 24.6 Å². The summed E-state index contributed by atoms with van der Waals surface area (Å²) >= 11 is 1.48. The van der Waals surface area contributed by atoms with Crippen LogP contribution in [0.25, 0.3) is 0 Å². The summed E-state index contributed by atoms with van der Waals surface area (Å²) in [5.41, 5.74) is 3.23. The van der Waals surface area contributed by atoms with Crippen LogP contribution < -0.4 is 4.74 Å². The Bertz CT molecular complexity index is 425. The molecule has 2 aromatic rings. The van der Waals surface area contributed by atoms with Crippen LogP contribution >= 0.6 is 11.3 Å². The third kappa shape index (κ3) is 2.40. The van der Waals surface area contributed by atoms with E-state index in [0.717, 1.165) is 11.3 Å². The molecule has 0 aliphatic carbocycles. The maximum Gasteiger partial charge on any atom is 0.122 e. The molecule has 1 unspecified atom stereocenters. The first kappa shape index (κ1) is 11.1. The molecule has 0 saturated carbocycles. The van der Waals surface area contributed by atoms with Gasteiger partial charge in [0.25, 0.3) is 0 Å². The standard InChI is InChI=1S/C12H13NO2S/c1-2-15-10-5-3-9(4-6-10)12(14)11-7-16-8-13-11/h3-8,12,14H,2H2,1H3. The maximum atomic E-state index is 10.0. The van der Waals surface area contributed by atoms with Gasteiger partial charge in [-0.1, -0.05) is 12.1 Å². The molecule has 1 N–H and O–H groups in total. The first-order valence-electron chi connectivity index (χ1n) is 5.10. The van der Waals surface area contributed by atoms with Crippen LogP contribution in [0.1, 0.15) is 24.3 Å². The van der Waals surface area contributed by atoms with Crippen LogP contribution in [0.15, 0.2) is 35.2 Å². The summed E-state index contributed by atoms with van der Waals surface area (Å²) in [7, 11) is 0. The second-order valence-electron chi connectivity index (χ2n) is 3.32. The van der Waals surface area contributed by atoms with Crippen molar-refractivity contribution in [1.82, 2.24) is 4.98 Å². The van der Waals surface area contributed by atoms with Crippen molar-refractivity contribution in [2.75, 3.05) is 6.61 Å². The van der Waals surface area contributed by atoms with Crippen LogP contribution in [0, 0.1) is 0 Å². The highest BCUT2D eigenvalue weighted by molar-refractivity contribution is 7.07. The largest absolute Gasteiger partial charge is 0.494 e. The molecular weight excluding hydrogens is 222 g/mol. The SMILES string of the molecule is CCOc1ccc(C(O)c2cscn2)cc1. The van der Waals surface area contributed by atoms with E-state index < -0.39 is 6.10 Å². The molecule has 3 nitrogen and oxygen atoms in total. The van der Waals surface area contributed by atoms with Crippen LogP contribution in [0.3, 0.4) is 0 Å². The average Bonchev–Trinajstić information content (AvgIpc) is 2.83. The number of benzene rings is 1. The van der Waals surface area contributed by atoms with Crippen molar-refractivity contribution < 1.29 is 9.84 Å². The number of aliphatic hydroxyl groups excluding tert-OH is 1. The summed E-state index contributed by atoms with van der Waals surface area (Å²) in [4.78, 5) is 4.09. The highest BCUT2D eigenvalue weighted by Crippen LogP contribution is 2.23. The van der Waals surface area contributed by atoms with E-state index in [4.69, 9.17) is 4.74 Å². The van der Waals surface area contributed by atoms with Crippen LogP contribution in [-0.2, 0) is 0 Å². The molecule has 0 spiro atoms. The minimum Gasteiger partial charge on any atom is -0.494 e. The van der Waals surface area contributed by atoms with Gasteiger partial charge in [0.2, 0.25) is 0 Å². The van der Waals surface area contributed by atoms with Gasteiger partial charge in [-0.3, -0.25) is 0 Å². The van der Waals surface area contributed by atoms with E-state index in [2.05, 4.69) is 4.98 Å². The molecule has 0 amide bonds. The Kier molecular flexibility index (Phi) is 3.54. The molecule has 1 aromatic carbocycles. The summed E-state index contributed by atoms with van der Waals surface area (Å²) in [6.45, 7) is 2.59. The molecule has 1 aromatic heterocycles. The van der Waals surface area contributed by atoms with E-state index in [1.165, 1.54) is 11.3 Å². The van der Waals surface area contributed by atoms with E-state index in [1.807, 2.05) is 36.6 Å². The van der Waals surface area contributed by atoms with Gasteiger partial charge >= 0.3 is 0 Å². The molecule has 0 aliphatic heterocycles. The number of ether oxygens (including phenoxy) is 1. The second kappa shape index (κ2) is 5.09. The molecule has 4 heteroatoms.